The molecule has 1 aliphatic heterocycles. The van der Waals surface area contributed by atoms with E-state index in [0.717, 1.165) is 31.5 Å². The van der Waals surface area contributed by atoms with Crippen molar-refractivity contribution in [1.29, 1.82) is 0 Å². The molecular formula is C34H34Cl2N6O4S2Si. The molecule has 3 aromatic carbocycles. The van der Waals surface area contributed by atoms with Crippen molar-refractivity contribution in [3.05, 3.63) is 123 Å². The van der Waals surface area contributed by atoms with E-state index in [1.807, 2.05) is 53.2 Å². The summed E-state index contributed by atoms with van der Waals surface area (Å²) in [7, 11) is -5.51. The van der Waals surface area contributed by atoms with Crippen LogP contribution in [-0.4, -0.2) is 59.0 Å². The molecule has 2 N–H and O–H groups in total. The zero-order valence-corrected chi connectivity index (χ0v) is 31.1. The van der Waals surface area contributed by atoms with Crippen molar-refractivity contribution in [1.82, 2.24) is 24.1 Å². The molecule has 0 aliphatic carbocycles. The van der Waals surface area contributed by atoms with Crippen molar-refractivity contribution in [2.45, 2.75) is 32.1 Å². The molecule has 0 saturated heterocycles. The summed E-state index contributed by atoms with van der Waals surface area (Å²) < 4.78 is 37.2. The molecule has 15 heteroatoms. The number of benzene rings is 3. The molecule has 49 heavy (non-hydrogen) atoms. The van der Waals surface area contributed by atoms with Gasteiger partial charge in [0.25, 0.3) is 0 Å². The van der Waals surface area contributed by atoms with E-state index in [2.05, 4.69) is 29.8 Å². The summed E-state index contributed by atoms with van der Waals surface area (Å²) in [5.74, 6) is 0.269. The van der Waals surface area contributed by atoms with E-state index < -0.39 is 24.2 Å². The average molecular weight is 754 g/mol. The first kappa shape index (κ1) is 34.9. The van der Waals surface area contributed by atoms with E-state index in [4.69, 9.17) is 45.1 Å². The van der Waals surface area contributed by atoms with Gasteiger partial charge in [-0.3, -0.25) is 5.10 Å². The van der Waals surface area contributed by atoms with Gasteiger partial charge in [0.05, 0.1) is 28.3 Å². The van der Waals surface area contributed by atoms with Gasteiger partial charge in [-0.25, -0.2) is 9.29 Å². The zero-order valence-electron chi connectivity index (χ0n) is 27.0. The van der Waals surface area contributed by atoms with Gasteiger partial charge in [-0.15, -0.1) is 0 Å². The first-order chi connectivity index (χ1) is 23.3. The van der Waals surface area contributed by atoms with Gasteiger partial charge >= 0.3 is 10.2 Å². The quantitative estimate of drug-likeness (QED) is 0.0789. The van der Waals surface area contributed by atoms with Crippen LogP contribution >= 0.6 is 35.4 Å². The Labute approximate surface area is 301 Å². The fraction of sp³-hybridized carbons (Fsp3) is 0.206. The number of halogens is 2. The van der Waals surface area contributed by atoms with Gasteiger partial charge in [0.1, 0.15) is 17.2 Å². The molecule has 3 heterocycles. The highest BCUT2D eigenvalue weighted by molar-refractivity contribution is 7.91. The largest absolute Gasteiger partial charge is 0.493 e. The summed E-state index contributed by atoms with van der Waals surface area (Å²) in [6, 6.07) is 24.8. The Hall–Kier alpha value is -3.98. The topological polar surface area (TPSA) is 117 Å². The van der Waals surface area contributed by atoms with E-state index in [1.165, 1.54) is 6.20 Å². The molecule has 5 aromatic rings. The molecule has 2 aromatic heterocycles. The van der Waals surface area contributed by atoms with E-state index in [-0.39, 0.29) is 6.73 Å². The van der Waals surface area contributed by atoms with Crippen LogP contribution in [0, 0.1) is 4.64 Å². The highest BCUT2D eigenvalue weighted by atomic mass is 35.5. The molecule has 0 atom stereocenters. The van der Waals surface area contributed by atoms with Crippen LogP contribution in [-0.2, 0) is 21.4 Å². The predicted octanol–water partition coefficient (Wildman–Crippen LogP) is 8.59. The minimum atomic E-state index is -4.14. The molecule has 6 rings (SSSR count). The fourth-order valence-electron chi connectivity index (χ4n) is 5.18. The van der Waals surface area contributed by atoms with Crippen LogP contribution in [0.25, 0.3) is 28.2 Å². The summed E-state index contributed by atoms with van der Waals surface area (Å²) in [5, 5.41) is 18.7. The Kier molecular flexibility index (Phi) is 10.0. The first-order valence-corrected chi connectivity index (χ1v) is 21.7. The minimum absolute atomic E-state index is 0.283. The SMILES string of the molecule is C[Si](C)(C)CCOCN1C(O)=CN(c2cccc(-n3cc(-c4ccc(Cl)cc4Cl)nc3Cc3ccc(-c4ccc(=S)[nH]n4)cc3)c2)S1(=O)=O. The maximum absolute atomic E-state index is 13.6. The molecule has 1 aliphatic rings. The van der Waals surface area contributed by atoms with Crippen molar-refractivity contribution in [2.24, 2.45) is 0 Å². The highest BCUT2D eigenvalue weighted by Gasteiger charge is 2.38. The second-order valence-corrected chi connectivity index (χ2v) is 21.4. The average Bonchev–Trinajstić information content (AvgIpc) is 3.56. The van der Waals surface area contributed by atoms with Crippen LogP contribution in [0.1, 0.15) is 11.4 Å². The van der Waals surface area contributed by atoms with Gasteiger partial charge in [-0.1, -0.05) is 85.4 Å². The lowest BCUT2D eigenvalue weighted by molar-refractivity contribution is 0.0747. The van der Waals surface area contributed by atoms with Crippen LogP contribution in [0.3, 0.4) is 0 Å². The molecule has 10 nitrogen and oxygen atoms in total. The molecule has 0 spiro atoms. The van der Waals surface area contributed by atoms with Gasteiger partial charge in [0.2, 0.25) is 5.88 Å². The summed E-state index contributed by atoms with van der Waals surface area (Å²) >= 11 is 17.9. The van der Waals surface area contributed by atoms with Crippen molar-refractivity contribution >= 4 is 59.4 Å². The second-order valence-electron chi connectivity index (χ2n) is 12.7. The molecule has 0 radical (unpaired) electrons. The highest BCUT2D eigenvalue weighted by Crippen LogP contribution is 2.34. The Morgan fingerprint density at radius 2 is 1.71 bits per heavy atom. The van der Waals surface area contributed by atoms with E-state index in [1.54, 1.807) is 36.4 Å². The lowest BCUT2D eigenvalue weighted by Crippen LogP contribution is -2.36. The Bertz CT molecular complexity index is 2180. The standard InChI is InChI=1S/C34H34Cl2N6O4S2Si/c1-49(2,3)16-15-46-22-42-34(43)21-41(48(42,44)45)27-6-4-5-26(19-27)40-20-31(28-12-11-25(35)18-29(28)36)37-32(40)17-23-7-9-24(10-8-23)30-13-14-33(47)39-38-30/h4-14,18-21,43H,15-17,22H2,1-3H3,(H,39,47). The Morgan fingerprint density at radius 3 is 2.41 bits per heavy atom. The Morgan fingerprint density at radius 1 is 0.959 bits per heavy atom. The van der Waals surface area contributed by atoms with Crippen LogP contribution < -0.4 is 4.31 Å². The number of aliphatic hydroxyl groups excluding tert-OH is 1. The lowest BCUT2D eigenvalue weighted by Gasteiger charge is -2.23. The van der Waals surface area contributed by atoms with Gasteiger partial charge < -0.3 is 14.4 Å². The number of nitrogens with one attached hydrogen (secondary N) is 1. The number of ether oxygens (including phenoxy) is 1. The minimum Gasteiger partial charge on any atom is -0.493 e. The van der Waals surface area contributed by atoms with Crippen LogP contribution in [0.4, 0.5) is 5.69 Å². The number of hydrogen-bond donors (Lipinski definition) is 2. The molecule has 0 unspecified atom stereocenters. The third-order valence-corrected chi connectivity index (χ3v) is 12.0. The van der Waals surface area contributed by atoms with Crippen LogP contribution in [0.15, 0.2) is 97.1 Å². The zero-order chi connectivity index (χ0) is 34.9. The van der Waals surface area contributed by atoms with Gasteiger partial charge in [-0.05, 0) is 60.1 Å². The number of aromatic amines is 1. The molecule has 0 fully saturated rings. The maximum Gasteiger partial charge on any atom is 0.334 e. The smallest absolute Gasteiger partial charge is 0.334 e. The summed E-state index contributed by atoms with van der Waals surface area (Å²) in [4.78, 5) is 4.97. The van der Waals surface area contributed by atoms with Crippen molar-refractivity contribution in [3.63, 3.8) is 0 Å². The van der Waals surface area contributed by atoms with Crippen molar-refractivity contribution < 1.29 is 18.3 Å². The summed E-state index contributed by atoms with van der Waals surface area (Å²) in [5.41, 5.74) is 5.00. The van der Waals surface area contributed by atoms with Gasteiger partial charge in [-0.2, -0.15) is 17.8 Å². The number of hydrogen-bond acceptors (Lipinski definition) is 7. The van der Waals surface area contributed by atoms with Gasteiger partial charge in [0, 0.05) is 49.1 Å². The molecule has 254 valence electrons. The molecule has 0 saturated carbocycles. The molecular weight excluding hydrogens is 720 g/mol. The number of aromatic nitrogens is 4. The molecule has 0 amide bonds. The molecule has 0 bridgehead atoms. The number of rotatable bonds is 11. The van der Waals surface area contributed by atoms with E-state index >= 15 is 0 Å². The fourth-order valence-corrected chi connectivity index (χ4v) is 7.87. The van der Waals surface area contributed by atoms with Crippen LogP contribution in [0.5, 0.6) is 0 Å². The summed E-state index contributed by atoms with van der Waals surface area (Å²) in [6.07, 6.45) is 3.49. The van der Waals surface area contributed by atoms with Gasteiger partial charge in [0.15, 0.2) is 0 Å². The summed E-state index contributed by atoms with van der Waals surface area (Å²) in [6.45, 7) is 6.76. The third kappa shape index (κ3) is 7.93. The number of aliphatic hydroxyl groups is 1. The number of anilines is 1. The normalized spacial score (nSPS) is 14.3. The number of nitrogens with zero attached hydrogens (tertiary/aromatic N) is 5. The van der Waals surface area contributed by atoms with Crippen molar-refractivity contribution in [2.75, 3.05) is 17.6 Å². The lowest BCUT2D eigenvalue weighted by atomic mass is 10.1. The monoisotopic (exact) mass is 752 g/mol. The predicted molar refractivity (Wildman–Crippen MR) is 200 cm³/mol. The van der Waals surface area contributed by atoms with Crippen molar-refractivity contribution in [3.8, 4) is 28.2 Å². The second kappa shape index (κ2) is 14.1. The first-order valence-electron chi connectivity index (χ1n) is 15.4. The maximum atomic E-state index is 13.6. The van der Waals surface area contributed by atoms with E-state index in [9.17, 15) is 13.5 Å². The third-order valence-electron chi connectivity index (χ3n) is 7.86. The Balaban J connectivity index is 1.32. The number of imidazole rings is 1. The van der Waals surface area contributed by atoms with Crippen LogP contribution in [0.2, 0.25) is 35.7 Å². The van der Waals surface area contributed by atoms with E-state index in [0.29, 0.717) is 56.2 Å². The number of H-pyrrole nitrogens is 1.